The lowest BCUT2D eigenvalue weighted by molar-refractivity contribution is -0.139. The maximum absolute atomic E-state index is 13.9. The number of fused-ring (bicyclic) bond motifs is 1. The fourth-order valence-electron chi connectivity index (χ4n) is 5.11. The Labute approximate surface area is 244 Å². The SMILES string of the molecule is COC(=O)Cc1cccc(/C(Nc2ccc(N(C)C(=O)CN3CCN(C)CC3)cc2)=C2/C(=O)Nc3cc(F)ccc32)c1. The second kappa shape index (κ2) is 12.5. The van der Waals surface area contributed by atoms with Crippen LogP contribution in [0.5, 0.6) is 0 Å². The molecule has 2 N–H and O–H groups in total. The average molecular weight is 572 g/mol. The van der Waals surface area contributed by atoms with Gasteiger partial charge in [0.15, 0.2) is 0 Å². The number of halogens is 1. The summed E-state index contributed by atoms with van der Waals surface area (Å²) in [6.45, 7) is 3.97. The molecule has 2 aliphatic heterocycles. The van der Waals surface area contributed by atoms with Gasteiger partial charge in [0.2, 0.25) is 5.91 Å². The Balaban J connectivity index is 1.43. The van der Waals surface area contributed by atoms with Gasteiger partial charge in [-0.15, -0.1) is 0 Å². The standard InChI is InChI=1S/C32H34FN5O4/c1-36-13-15-38(16-14-36)20-28(39)37(2)25-10-8-24(9-11-25)34-31(22-6-4-5-21(17-22)18-29(40)42-3)30-26-12-7-23(33)19-27(26)35-32(30)41/h4-12,17,19,34H,13-16,18,20H2,1-3H3,(H,35,41)/b31-30-. The van der Waals surface area contributed by atoms with E-state index in [1.807, 2.05) is 42.5 Å². The number of nitrogens with zero attached hydrogens (tertiary/aromatic N) is 3. The molecule has 0 spiro atoms. The zero-order valence-corrected chi connectivity index (χ0v) is 23.9. The predicted molar refractivity (Wildman–Crippen MR) is 161 cm³/mol. The van der Waals surface area contributed by atoms with Crippen LogP contribution in [0.25, 0.3) is 11.3 Å². The summed E-state index contributed by atoms with van der Waals surface area (Å²) in [6, 6.07) is 18.8. The van der Waals surface area contributed by atoms with Gasteiger partial charge >= 0.3 is 5.97 Å². The topological polar surface area (TPSA) is 94.2 Å². The Kier molecular flexibility index (Phi) is 8.65. The van der Waals surface area contributed by atoms with Crippen LogP contribution in [0, 0.1) is 5.82 Å². The molecule has 0 unspecified atom stereocenters. The van der Waals surface area contributed by atoms with E-state index in [0.29, 0.717) is 45.9 Å². The van der Waals surface area contributed by atoms with Gasteiger partial charge in [-0.3, -0.25) is 19.3 Å². The summed E-state index contributed by atoms with van der Waals surface area (Å²) in [5, 5.41) is 6.13. The van der Waals surface area contributed by atoms with Crippen molar-refractivity contribution in [2.75, 3.05) is 69.5 Å². The van der Waals surface area contributed by atoms with Crippen LogP contribution in [0.3, 0.4) is 0 Å². The first-order chi connectivity index (χ1) is 20.2. The number of hydrogen-bond donors (Lipinski definition) is 2. The van der Waals surface area contributed by atoms with Crippen molar-refractivity contribution in [1.82, 2.24) is 9.80 Å². The molecule has 1 fully saturated rings. The third-order valence-corrected chi connectivity index (χ3v) is 7.62. The molecule has 10 heteroatoms. The first-order valence-electron chi connectivity index (χ1n) is 13.8. The van der Waals surface area contributed by atoms with Crippen molar-refractivity contribution >= 4 is 46.1 Å². The van der Waals surface area contributed by atoms with Crippen LogP contribution in [0.1, 0.15) is 16.7 Å². The van der Waals surface area contributed by atoms with E-state index in [-0.39, 0.29) is 24.2 Å². The molecule has 0 aliphatic carbocycles. The fraction of sp³-hybridized carbons (Fsp3) is 0.281. The van der Waals surface area contributed by atoms with E-state index in [0.717, 1.165) is 31.9 Å². The molecule has 2 aliphatic rings. The van der Waals surface area contributed by atoms with E-state index >= 15 is 0 Å². The van der Waals surface area contributed by atoms with Gasteiger partial charge in [-0.1, -0.05) is 18.2 Å². The molecule has 5 rings (SSSR count). The van der Waals surface area contributed by atoms with Crippen LogP contribution in [-0.4, -0.2) is 81.5 Å². The zero-order valence-electron chi connectivity index (χ0n) is 23.9. The van der Waals surface area contributed by atoms with Crippen LogP contribution in [-0.2, 0) is 25.5 Å². The molecule has 0 bridgehead atoms. The molecule has 0 atom stereocenters. The van der Waals surface area contributed by atoms with Gasteiger partial charge in [0.05, 0.1) is 37.0 Å². The van der Waals surface area contributed by atoms with E-state index in [1.165, 1.54) is 19.2 Å². The lowest BCUT2D eigenvalue weighted by atomic mass is 9.98. The highest BCUT2D eigenvalue weighted by Gasteiger charge is 2.29. The van der Waals surface area contributed by atoms with Gasteiger partial charge in [0.1, 0.15) is 5.82 Å². The number of ether oxygens (including phenoxy) is 1. The molecule has 3 aromatic carbocycles. The van der Waals surface area contributed by atoms with Crippen molar-refractivity contribution in [2.45, 2.75) is 6.42 Å². The van der Waals surface area contributed by atoms with E-state index in [1.54, 1.807) is 24.1 Å². The van der Waals surface area contributed by atoms with Gasteiger partial charge < -0.3 is 25.2 Å². The Morgan fingerprint density at radius 3 is 2.48 bits per heavy atom. The molecular formula is C32H34FN5O4. The molecule has 2 heterocycles. The molecule has 218 valence electrons. The quantitative estimate of drug-likeness (QED) is 0.315. The molecule has 0 saturated carbocycles. The molecule has 0 aromatic heterocycles. The molecule has 42 heavy (non-hydrogen) atoms. The molecular weight excluding hydrogens is 537 g/mol. The summed E-state index contributed by atoms with van der Waals surface area (Å²) in [6.07, 6.45) is 0.0735. The highest BCUT2D eigenvalue weighted by molar-refractivity contribution is 6.37. The second-order valence-electron chi connectivity index (χ2n) is 10.6. The molecule has 3 aromatic rings. The van der Waals surface area contributed by atoms with E-state index in [9.17, 15) is 18.8 Å². The van der Waals surface area contributed by atoms with Crippen molar-refractivity contribution in [2.24, 2.45) is 0 Å². The minimum atomic E-state index is -0.452. The lowest BCUT2D eigenvalue weighted by Crippen LogP contribution is -2.48. The summed E-state index contributed by atoms with van der Waals surface area (Å²) in [5.74, 6) is -1.19. The van der Waals surface area contributed by atoms with Crippen LogP contribution in [0.15, 0.2) is 66.7 Å². The van der Waals surface area contributed by atoms with E-state index in [4.69, 9.17) is 4.74 Å². The smallest absolute Gasteiger partial charge is 0.309 e. The number of nitrogens with one attached hydrogen (secondary N) is 2. The number of piperazine rings is 1. The highest BCUT2D eigenvalue weighted by atomic mass is 19.1. The maximum atomic E-state index is 13.9. The first kappa shape index (κ1) is 29.0. The lowest BCUT2D eigenvalue weighted by Gasteiger charge is -2.32. The van der Waals surface area contributed by atoms with Crippen molar-refractivity contribution < 1.29 is 23.5 Å². The highest BCUT2D eigenvalue weighted by Crippen LogP contribution is 2.38. The number of amides is 2. The Morgan fingerprint density at radius 1 is 1.02 bits per heavy atom. The number of likely N-dealkylation sites (N-methyl/N-ethyl adjacent to an activating group) is 2. The summed E-state index contributed by atoms with van der Waals surface area (Å²) in [7, 11) is 5.18. The van der Waals surface area contributed by atoms with Gasteiger partial charge in [-0.25, -0.2) is 4.39 Å². The minimum Gasteiger partial charge on any atom is -0.469 e. The maximum Gasteiger partial charge on any atom is 0.309 e. The third kappa shape index (κ3) is 6.50. The number of hydrogen-bond acceptors (Lipinski definition) is 7. The predicted octanol–water partition coefficient (Wildman–Crippen LogP) is 3.68. The molecule has 2 amide bonds. The third-order valence-electron chi connectivity index (χ3n) is 7.62. The Morgan fingerprint density at radius 2 is 1.76 bits per heavy atom. The van der Waals surface area contributed by atoms with Gasteiger partial charge in [0, 0.05) is 50.2 Å². The van der Waals surface area contributed by atoms with E-state index in [2.05, 4.69) is 27.5 Å². The molecule has 1 saturated heterocycles. The number of methoxy groups -OCH3 is 1. The van der Waals surface area contributed by atoms with Crippen molar-refractivity contribution in [3.05, 3.63) is 89.2 Å². The summed E-state index contributed by atoms with van der Waals surface area (Å²) in [4.78, 5) is 44.2. The Hall–Kier alpha value is -4.54. The molecule has 9 nitrogen and oxygen atoms in total. The zero-order chi connectivity index (χ0) is 29.8. The van der Waals surface area contributed by atoms with Crippen LogP contribution in [0.2, 0.25) is 0 Å². The average Bonchev–Trinajstić information content (AvgIpc) is 3.31. The minimum absolute atomic E-state index is 0.0111. The second-order valence-corrected chi connectivity index (χ2v) is 10.6. The Bertz CT molecular complexity index is 1530. The summed E-state index contributed by atoms with van der Waals surface area (Å²) < 4.78 is 18.8. The number of carbonyl (C=O) groups is 3. The number of esters is 1. The summed E-state index contributed by atoms with van der Waals surface area (Å²) in [5.41, 5.74) is 4.61. The van der Waals surface area contributed by atoms with Crippen molar-refractivity contribution in [3.63, 3.8) is 0 Å². The monoisotopic (exact) mass is 571 g/mol. The van der Waals surface area contributed by atoms with Crippen LogP contribution < -0.4 is 15.5 Å². The first-order valence-corrected chi connectivity index (χ1v) is 13.8. The normalized spacial score (nSPS) is 16.4. The number of carbonyl (C=O) groups excluding carboxylic acids is 3. The van der Waals surface area contributed by atoms with Crippen molar-refractivity contribution in [3.8, 4) is 0 Å². The largest absolute Gasteiger partial charge is 0.469 e. The van der Waals surface area contributed by atoms with E-state index < -0.39 is 5.82 Å². The number of benzene rings is 3. The van der Waals surface area contributed by atoms with Gasteiger partial charge in [-0.05, 0) is 66.7 Å². The number of rotatable bonds is 8. The van der Waals surface area contributed by atoms with Gasteiger partial charge in [-0.2, -0.15) is 0 Å². The van der Waals surface area contributed by atoms with Crippen LogP contribution >= 0.6 is 0 Å². The number of anilines is 3. The van der Waals surface area contributed by atoms with Gasteiger partial charge in [0.25, 0.3) is 5.91 Å². The van der Waals surface area contributed by atoms with Crippen molar-refractivity contribution in [1.29, 1.82) is 0 Å². The van der Waals surface area contributed by atoms with Crippen LogP contribution in [0.4, 0.5) is 21.5 Å². The fourth-order valence-corrected chi connectivity index (χ4v) is 5.11. The molecule has 0 radical (unpaired) electrons. The summed E-state index contributed by atoms with van der Waals surface area (Å²) >= 11 is 0.